The van der Waals surface area contributed by atoms with Gasteiger partial charge in [-0.3, -0.25) is 4.79 Å². The summed E-state index contributed by atoms with van der Waals surface area (Å²) in [6.45, 7) is 4.81. The Morgan fingerprint density at radius 1 is 1.38 bits per heavy atom. The second-order valence-corrected chi connectivity index (χ2v) is 6.59. The number of ether oxygens (including phenoxy) is 1. The van der Waals surface area contributed by atoms with Crippen molar-refractivity contribution in [3.8, 4) is 5.75 Å². The average Bonchev–Trinajstić information content (AvgIpc) is 3.13. The maximum Gasteiger partial charge on any atom is 0.227 e. The molecule has 1 amide bonds. The van der Waals surface area contributed by atoms with Crippen molar-refractivity contribution >= 4 is 5.91 Å². The molecule has 1 aliphatic rings. The van der Waals surface area contributed by atoms with Gasteiger partial charge in [0.1, 0.15) is 11.6 Å². The lowest BCUT2D eigenvalue weighted by atomic mass is 10.1. The zero-order valence-electron chi connectivity index (χ0n) is 14.9. The van der Waals surface area contributed by atoms with Gasteiger partial charge in [0, 0.05) is 25.4 Å². The first kappa shape index (κ1) is 16.6. The quantitative estimate of drug-likeness (QED) is 0.867. The molecule has 5 heteroatoms. The summed E-state index contributed by atoms with van der Waals surface area (Å²) in [6, 6.07) is 6.04. The van der Waals surface area contributed by atoms with Gasteiger partial charge in [-0.1, -0.05) is 17.7 Å². The molecule has 0 bridgehead atoms. The predicted molar refractivity (Wildman–Crippen MR) is 93.1 cm³/mol. The van der Waals surface area contributed by atoms with Crippen LogP contribution in [0.25, 0.3) is 0 Å². The molecule has 128 valence electrons. The van der Waals surface area contributed by atoms with Gasteiger partial charge < -0.3 is 14.2 Å². The van der Waals surface area contributed by atoms with Crippen molar-refractivity contribution in [3.63, 3.8) is 0 Å². The van der Waals surface area contributed by atoms with Gasteiger partial charge >= 0.3 is 0 Å². The first-order valence-corrected chi connectivity index (χ1v) is 8.42. The Morgan fingerprint density at radius 3 is 2.83 bits per heavy atom. The predicted octanol–water partition coefficient (Wildman–Crippen LogP) is 2.95. The van der Waals surface area contributed by atoms with Crippen LogP contribution in [0.4, 0.5) is 0 Å². The molecule has 1 fully saturated rings. The van der Waals surface area contributed by atoms with E-state index in [1.54, 1.807) is 7.11 Å². The van der Waals surface area contributed by atoms with Gasteiger partial charge in [-0.05, 0) is 32.8 Å². The van der Waals surface area contributed by atoms with Crippen LogP contribution in [0, 0.1) is 13.8 Å². The lowest BCUT2D eigenvalue weighted by Gasteiger charge is -2.25. The molecule has 2 aromatic rings. The monoisotopic (exact) mass is 327 g/mol. The molecule has 1 aliphatic heterocycles. The summed E-state index contributed by atoms with van der Waals surface area (Å²) in [7, 11) is 3.65. The Kier molecular flexibility index (Phi) is 4.60. The normalized spacial score (nSPS) is 17.3. The van der Waals surface area contributed by atoms with E-state index >= 15 is 0 Å². The largest absolute Gasteiger partial charge is 0.496 e. The molecule has 0 aliphatic carbocycles. The number of hydrogen-bond acceptors (Lipinski definition) is 3. The first-order valence-electron chi connectivity index (χ1n) is 8.42. The highest BCUT2D eigenvalue weighted by Gasteiger charge is 2.32. The van der Waals surface area contributed by atoms with Crippen molar-refractivity contribution in [3.05, 3.63) is 47.0 Å². The second-order valence-electron chi connectivity index (χ2n) is 6.59. The number of rotatable bonds is 4. The van der Waals surface area contributed by atoms with Crippen LogP contribution in [0.5, 0.6) is 5.75 Å². The van der Waals surface area contributed by atoms with Gasteiger partial charge in [0.25, 0.3) is 0 Å². The molecule has 1 saturated heterocycles. The maximum atomic E-state index is 12.9. The lowest BCUT2D eigenvalue weighted by molar-refractivity contribution is -0.131. The fourth-order valence-electron chi connectivity index (χ4n) is 3.59. The summed E-state index contributed by atoms with van der Waals surface area (Å²) in [6.07, 6.45) is 4.37. The molecular formula is C19H25N3O2. The summed E-state index contributed by atoms with van der Waals surface area (Å²) in [5, 5.41) is 0. The minimum atomic E-state index is 0.0759. The van der Waals surface area contributed by atoms with Gasteiger partial charge in [-0.2, -0.15) is 0 Å². The highest BCUT2D eigenvalue weighted by atomic mass is 16.5. The van der Waals surface area contributed by atoms with Crippen LogP contribution in [0.3, 0.4) is 0 Å². The van der Waals surface area contributed by atoms with E-state index in [1.165, 1.54) is 0 Å². The number of nitrogens with zero attached hydrogens (tertiary/aromatic N) is 3. The van der Waals surface area contributed by atoms with Crippen LogP contribution < -0.4 is 4.74 Å². The summed E-state index contributed by atoms with van der Waals surface area (Å²) in [4.78, 5) is 19.5. The highest BCUT2D eigenvalue weighted by molar-refractivity contribution is 5.80. The Labute approximate surface area is 143 Å². The average molecular weight is 327 g/mol. The number of amides is 1. The number of carbonyl (C=O) groups is 1. The van der Waals surface area contributed by atoms with Crippen molar-refractivity contribution in [1.29, 1.82) is 0 Å². The highest BCUT2D eigenvalue weighted by Crippen LogP contribution is 2.32. The van der Waals surface area contributed by atoms with E-state index in [4.69, 9.17) is 4.74 Å². The van der Waals surface area contributed by atoms with Gasteiger partial charge in [0.05, 0.1) is 25.3 Å². The van der Waals surface area contributed by atoms with Crippen molar-refractivity contribution in [2.45, 2.75) is 39.2 Å². The topological polar surface area (TPSA) is 47.4 Å². The SMILES string of the molecule is COc1ccc(C)cc1CC(=O)N1CCC[C@@H]1c1nc(C)cn1C. The molecule has 1 atom stereocenters. The summed E-state index contributed by atoms with van der Waals surface area (Å²) in [5.41, 5.74) is 3.08. The van der Waals surface area contributed by atoms with Crippen molar-refractivity contribution < 1.29 is 9.53 Å². The Morgan fingerprint density at radius 2 is 2.17 bits per heavy atom. The third-order valence-electron chi connectivity index (χ3n) is 4.68. The van der Waals surface area contributed by atoms with E-state index in [-0.39, 0.29) is 11.9 Å². The van der Waals surface area contributed by atoms with Crippen LogP contribution in [-0.4, -0.2) is 34.0 Å². The fourth-order valence-corrected chi connectivity index (χ4v) is 3.59. The standard InChI is InChI=1S/C19H25N3O2/c1-13-7-8-17(24-4)15(10-13)11-18(23)22-9-5-6-16(22)19-20-14(2)12-21(19)3/h7-8,10,12,16H,5-6,9,11H2,1-4H3/t16-/m1/s1. The number of hydrogen-bond donors (Lipinski definition) is 0. The molecular weight excluding hydrogens is 302 g/mol. The van der Waals surface area contributed by atoms with E-state index in [2.05, 4.69) is 4.98 Å². The number of carbonyl (C=O) groups excluding carboxylic acids is 1. The second kappa shape index (κ2) is 6.67. The fraction of sp³-hybridized carbons (Fsp3) is 0.474. The van der Waals surface area contributed by atoms with Crippen molar-refractivity contribution in [1.82, 2.24) is 14.5 Å². The lowest BCUT2D eigenvalue weighted by Crippen LogP contribution is -2.33. The van der Waals surface area contributed by atoms with Crippen LogP contribution >= 0.6 is 0 Å². The minimum Gasteiger partial charge on any atom is -0.496 e. The molecule has 0 unspecified atom stereocenters. The zero-order valence-corrected chi connectivity index (χ0v) is 14.9. The van der Waals surface area contributed by atoms with Crippen LogP contribution in [0.1, 0.15) is 41.5 Å². The summed E-state index contributed by atoms with van der Waals surface area (Å²) in [5.74, 6) is 1.90. The van der Waals surface area contributed by atoms with E-state index in [0.717, 1.165) is 47.8 Å². The van der Waals surface area contributed by atoms with Crippen LogP contribution in [0.2, 0.25) is 0 Å². The molecule has 3 rings (SSSR count). The third kappa shape index (κ3) is 3.16. The molecule has 0 spiro atoms. The van der Waals surface area contributed by atoms with Gasteiger partial charge in [-0.25, -0.2) is 4.98 Å². The number of likely N-dealkylation sites (tertiary alicyclic amines) is 1. The van der Waals surface area contributed by atoms with Gasteiger partial charge in [0.2, 0.25) is 5.91 Å². The molecule has 0 N–H and O–H groups in total. The Balaban J connectivity index is 1.82. The number of benzene rings is 1. The number of methoxy groups -OCH3 is 1. The summed E-state index contributed by atoms with van der Waals surface area (Å²) >= 11 is 0. The van der Waals surface area contributed by atoms with E-state index in [1.807, 2.05) is 54.8 Å². The molecule has 24 heavy (non-hydrogen) atoms. The van der Waals surface area contributed by atoms with Crippen molar-refractivity contribution in [2.24, 2.45) is 7.05 Å². The van der Waals surface area contributed by atoms with Crippen molar-refractivity contribution in [2.75, 3.05) is 13.7 Å². The number of aryl methyl sites for hydroxylation is 3. The van der Waals surface area contributed by atoms with Crippen LogP contribution in [0.15, 0.2) is 24.4 Å². The van der Waals surface area contributed by atoms with E-state index in [9.17, 15) is 4.79 Å². The number of imidazole rings is 1. The molecule has 1 aromatic carbocycles. The van der Waals surface area contributed by atoms with Gasteiger partial charge in [0.15, 0.2) is 0 Å². The van der Waals surface area contributed by atoms with E-state index in [0.29, 0.717) is 6.42 Å². The summed E-state index contributed by atoms with van der Waals surface area (Å²) < 4.78 is 7.45. The maximum absolute atomic E-state index is 12.9. The smallest absolute Gasteiger partial charge is 0.227 e. The zero-order chi connectivity index (χ0) is 17.3. The Bertz CT molecular complexity index is 751. The third-order valence-corrected chi connectivity index (χ3v) is 4.68. The molecule has 0 saturated carbocycles. The van der Waals surface area contributed by atoms with Crippen LogP contribution in [-0.2, 0) is 18.3 Å². The first-order chi connectivity index (χ1) is 11.5. The van der Waals surface area contributed by atoms with Gasteiger partial charge in [-0.15, -0.1) is 0 Å². The Hall–Kier alpha value is -2.30. The molecule has 5 nitrogen and oxygen atoms in total. The molecule has 1 aromatic heterocycles. The van der Waals surface area contributed by atoms with E-state index < -0.39 is 0 Å². The molecule has 2 heterocycles. The molecule has 0 radical (unpaired) electrons. The number of aromatic nitrogens is 2. The minimum absolute atomic E-state index is 0.0759.